The fourth-order valence-electron chi connectivity index (χ4n) is 1.56. The van der Waals surface area contributed by atoms with Gasteiger partial charge in [-0.2, -0.15) is 0 Å². The highest BCUT2D eigenvalue weighted by Crippen LogP contribution is 2.24. The number of rotatable bonds is 4. The molecule has 0 aliphatic carbocycles. The summed E-state index contributed by atoms with van der Waals surface area (Å²) in [6.07, 6.45) is 0.967. The summed E-state index contributed by atoms with van der Waals surface area (Å²) in [6.45, 7) is 4.11. The highest BCUT2D eigenvalue weighted by Gasteiger charge is 2.10. The van der Waals surface area contributed by atoms with Gasteiger partial charge in [0.15, 0.2) is 5.13 Å². The predicted molar refractivity (Wildman–Crippen MR) is 71.4 cm³/mol. The molecular formula is C13H16N2OS. The Kier molecular flexibility index (Phi) is 3.64. The van der Waals surface area contributed by atoms with Gasteiger partial charge in [0.05, 0.1) is 5.69 Å². The predicted octanol–water partition coefficient (Wildman–Crippen LogP) is 3.43. The summed E-state index contributed by atoms with van der Waals surface area (Å²) in [7, 11) is 0. The molecular weight excluding hydrogens is 232 g/mol. The molecule has 1 heterocycles. The number of thiazole rings is 1. The zero-order valence-corrected chi connectivity index (χ0v) is 10.8. The molecule has 0 radical (unpaired) electrons. The molecule has 2 aromatic rings. The largest absolute Gasteiger partial charge is 0.484 e. The maximum atomic E-state index is 5.80. The molecule has 0 saturated carbocycles. The standard InChI is InChI=1S/C13H16N2OS/c1-3-10-4-6-11(7-5-10)16-9(2)12-8-17-13(14)15-12/h4-9H,3H2,1-2H3,(H2,14,15). The van der Waals surface area contributed by atoms with Gasteiger partial charge < -0.3 is 10.5 Å². The van der Waals surface area contributed by atoms with Crippen molar-refractivity contribution in [1.82, 2.24) is 4.98 Å². The average molecular weight is 248 g/mol. The van der Waals surface area contributed by atoms with Gasteiger partial charge in [0.25, 0.3) is 0 Å². The lowest BCUT2D eigenvalue weighted by molar-refractivity contribution is 0.223. The van der Waals surface area contributed by atoms with E-state index in [0.717, 1.165) is 17.9 Å². The van der Waals surface area contributed by atoms with Crippen LogP contribution < -0.4 is 10.5 Å². The van der Waals surface area contributed by atoms with Crippen molar-refractivity contribution in [2.75, 3.05) is 5.73 Å². The number of nitrogens with zero attached hydrogens (tertiary/aromatic N) is 1. The number of ether oxygens (including phenoxy) is 1. The van der Waals surface area contributed by atoms with E-state index in [-0.39, 0.29) is 6.10 Å². The van der Waals surface area contributed by atoms with E-state index >= 15 is 0 Å². The molecule has 1 atom stereocenters. The third-order valence-corrected chi connectivity index (χ3v) is 3.29. The summed E-state index contributed by atoms with van der Waals surface area (Å²) in [5.74, 6) is 0.862. The van der Waals surface area contributed by atoms with E-state index < -0.39 is 0 Å². The molecule has 90 valence electrons. The molecule has 2 rings (SSSR count). The summed E-state index contributed by atoms with van der Waals surface area (Å²) >= 11 is 1.44. The second-order valence-electron chi connectivity index (χ2n) is 3.87. The summed E-state index contributed by atoms with van der Waals surface area (Å²) in [4.78, 5) is 4.21. The van der Waals surface area contributed by atoms with Crippen LogP contribution in [0.25, 0.3) is 0 Å². The Bertz CT molecular complexity index is 478. The van der Waals surface area contributed by atoms with Gasteiger partial charge in [0.2, 0.25) is 0 Å². The van der Waals surface area contributed by atoms with Crippen LogP contribution in [-0.2, 0) is 6.42 Å². The Morgan fingerprint density at radius 2 is 2.06 bits per heavy atom. The second kappa shape index (κ2) is 5.19. The zero-order chi connectivity index (χ0) is 12.3. The Morgan fingerprint density at radius 3 is 2.59 bits per heavy atom. The fraction of sp³-hybridized carbons (Fsp3) is 0.308. The van der Waals surface area contributed by atoms with E-state index in [0.29, 0.717) is 5.13 Å². The van der Waals surface area contributed by atoms with Crippen LogP contribution in [0, 0.1) is 0 Å². The van der Waals surface area contributed by atoms with Crippen molar-refractivity contribution in [2.45, 2.75) is 26.4 Å². The SMILES string of the molecule is CCc1ccc(OC(C)c2csc(N)n2)cc1. The number of hydrogen-bond acceptors (Lipinski definition) is 4. The molecule has 0 aliphatic heterocycles. The molecule has 17 heavy (non-hydrogen) atoms. The van der Waals surface area contributed by atoms with Crippen LogP contribution in [0.2, 0.25) is 0 Å². The minimum atomic E-state index is -0.0731. The van der Waals surface area contributed by atoms with Crippen LogP contribution in [0.1, 0.15) is 31.2 Å². The van der Waals surface area contributed by atoms with Gasteiger partial charge >= 0.3 is 0 Å². The first-order chi connectivity index (χ1) is 8.19. The van der Waals surface area contributed by atoms with Crippen LogP contribution in [0.5, 0.6) is 5.75 Å². The number of nitrogen functional groups attached to an aromatic ring is 1. The molecule has 1 aromatic heterocycles. The summed E-state index contributed by atoms with van der Waals surface area (Å²) in [5, 5.41) is 2.51. The zero-order valence-electron chi connectivity index (χ0n) is 10.0. The van der Waals surface area contributed by atoms with Crippen molar-refractivity contribution in [3.63, 3.8) is 0 Å². The molecule has 3 nitrogen and oxygen atoms in total. The van der Waals surface area contributed by atoms with Crippen LogP contribution in [-0.4, -0.2) is 4.98 Å². The van der Waals surface area contributed by atoms with Gasteiger partial charge in [-0.1, -0.05) is 19.1 Å². The topological polar surface area (TPSA) is 48.1 Å². The van der Waals surface area contributed by atoms with Crippen LogP contribution in [0.15, 0.2) is 29.6 Å². The summed E-state index contributed by atoms with van der Waals surface area (Å²) in [6, 6.07) is 8.14. The van der Waals surface area contributed by atoms with Crippen molar-refractivity contribution < 1.29 is 4.74 Å². The molecule has 2 N–H and O–H groups in total. The van der Waals surface area contributed by atoms with E-state index in [1.165, 1.54) is 16.9 Å². The lowest BCUT2D eigenvalue weighted by Crippen LogP contribution is -2.03. The van der Waals surface area contributed by atoms with E-state index in [1.807, 2.05) is 24.4 Å². The van der Waals surface area contributed by atoms with E-state index in [9.17, 15) is 0 Å². The van der Waals surface area contributed by atoms with Crippen molar-refractivity contribution in [1.29, 1.82) is 0 Å². The molecule has 0 amide bonds. The van der Waals surface area contributed by atoms with Gasteiger partial charge in [-0.3, -0.25) is 0 Å². The molecule has 4 heteroatoms. The Morgan fingerprint density at radius 1 is 1.35 bits per heavy atom. The Hall–Kier alpha value is -1.55. The minimum absolute atomic E-state index is 0.0731. The van der Waals surface area contributed by atoms with Crippen molar-refractivity contribution in [3.8, 4) is 5.75 Å². The summed E-state index contributed by atoms with van der Waals surface area (Å²) in [5.41, 5.74) is 7.79. The monoisotopic (exact) mass is 248 g/mol. The van der Waals surface area contributed by atoms with E-state index in [2.05, 4.69) is 24.0 Å². The lowest BCUT2D eigenvalue weighted by atomic mass is 10.2. The van der Waals surface area contributed by atoms with Gasteiger partial charge in [0, 0.05) is 5.38 Å². The van der Waals surface area contributed by atoms with Crippen molar-refractivity contribution >= 4 is 16.5 Å². The second-order valence-corrected chi connectivity index (χ2v) is 4.76. The molecule has 0 spiro atoms. The molecule has 1 unspecified atom stereocenters. The number of aromatic nitrogens is 1. The van der Waals surface area contributed by atoms with Crippen LogP contribution >= 0.6 is 11.3 Å². The maximum absolute atomic E-state index is 5.80. The van der Waals surface area contributed by atoms with E-state index in [4.69, 9.17) is 10.5 Å². The average Bonchev–Trinajstić information content (AvgIpc) is 2.77. The number of anilines is 1. The molecule has 0 fully saturated rings. The minimum Gasteiger partial charge on any atom is -0.484 e. The Balaban J connectivity index is 2.04. The first-order valence-electron chi connectivity index (χ1n) is 5.65. The number of aryl methyl sites for hydroxylation is 1. The van der Waals surface area contributed by atoms with Gasteiger partial charge in [-0.25, -0.2) is 4.98 Å². The first-order valence-corrected chi connectivity index (χ1v) is 6.53. The van der Waals surface area contributed by atoms with Crippen LogP contribution in [0.4, 0.5) is 5.13 Å². The van der Waals surface area contributed by atoms with Gasteiger partial charge in [0.1, 0.15) is 11.9 Å². The lowest BCUT2D eigenvalue weighted by Gasteiger charge is -2.12. The highest BCUT2D eigenvalue weighted by molar-refractivity contribution is 7.13. The fourth-order valence-corrected chi connectivity index (χ4v) is 2.20. The smallest absolute Gasteiger partial charge is 0.180 e. The van der Waals surface area contributed by atoms with Crippen LogP contribution in [0.3, 0.4) is 0 Å². The molecule has 0 saturated heterocycles. The molecule has 0 bridgehead atoms. The number of hydrogen-bond donors (Lipinski definition) is 1. The third kappa shape index (κ3) is 2.97. The van der Waals surface area contributed by atoms with E-state index in [1.54, 1.807) is 0 Å². The van der Waals surface area contributed by atoms with Crippen molar-refractivity contribution in [2.24, 2.45) is 0 Å². The first kappa shape index (κ1) is 11.9. The van der Waals surface area contributed by atoms with Gasteiger partial charge in [-0.15, -0.1) is 11.3 Å². The third-order valence-electron chi connectivity index (χ3n) is 2.60. The van der Waals surface area contributed by atoms with Gasteiger partial charge in [-0.05, 0) is 31.0 Å². The normalized spacial score (nSPS) is 12.4. The molecule has 1 aromatic carbocycles. The highest BCUT2D eigenvalue weighted by atomic mass is 32.1. The summed E-state index contributed by atoms with van der Waals surface area (Å²) < 4.78 is 5.80. The van der Waals surface area contributed by atoms with Crippen molar-refractivity contribution in [3.05, 3.63) is 40.9 Å². The quantitative estimate of drug-likeness (QED) is 0.901. The molecule has 0 aliphatic rings. The maximum Gasteiger partial charge on any atom is 0.180 e. The number of benzene rings is 1. The Labute approximate surface area is 105 Å². The number of nitrogens with two attached hydrogens (primary N) is 1.